The van der Waals surface area contributed by atoms with Crippen LogP contribution in [0.2, 0.25) is 0 Å². The molecule has 5 rings (SSSR count). The van der Waals surface area contributed by atoms with Crippen LogP contribution in [0.1, 0.15) is 62.5 Å². The zero-order valence-electron chi connectivity index (χ0n) is 19.6. The predicted molar refractivity (Wildman–Crippen MR) is 125 cm³/mol. The minimum absolute atomic E-state index is 0.0942. The Labute approximate surface area is 195 Å². The molecular formula is C26H31NO5S. The summed E-state index contributed by atoms with van der Waals surface area (Å²) in [5.41, 5.74) is 0.981. The van der Waals surface area contributed by atoms with Gasteiger partial charge in [-0.3, -0.25) is 4.79 Å². The lowest BCUT2D eigenvalue weighted by Gasteiger charge is -2.59. The van der Waals surface area contributed by atoms with Crippen molar-refractivity contribution in [3.63, 3.8) is 0 Å². The van der Waals surface area contributed by atoms with Crippen LogP contribution in [0.15, 0.2) is 47.4 Å². The van der Waals surface area contributed by atoms with Crippen LogP contribution in [0.25, 0.3) is 0 Å². The number of hydrogen-bond acceptors (Lipinski definition) is 5. The lowest BCUT2D eigenvalue weighted by molar-refractivity contribution is -0.191. The number of ether oxygens (including phenoxy) is 2. The van der Waals surface area contributed by atoms with Gasteiger partial charge >= 0.3 is 0 Å². The highest BCUT2D eigenvalue weighted by atomic mass is 32.2. The van der Waals surface area contributed by atoms with Crippen LogP contribution in [0.3, 0.4) is 0 Å². The van der Waals surface area contributed by atoms with Crippen molar-refractivity contribution < 1.29 is 22.7 Å². The number of amides is 1. The molecule has 3 aliphatic rings. The summed E-state index contributed by atoms with van der Waals surface area (Å²) < 4.78 is 40.3. The van der Waals surface area contributed by atoms with Crippen molar-refractivity contribution in [1.82, 2.24) is 4.90 Å². The smallest absolute Gasteiger partial charge is 0.244 e. The molecular weight excluding hydrogens is 438 g/mol. The Kier molecular flexibility index (Phi) is 5.23. The highest BCUT2D eigenvalue weighted by Gasteiger charge is 2.65. The highest BCUT2D eigenvalue weighted by molar-refractivity contribution is 7.92. The van der Waals surface area contributed by atoms with Crippen molar-refractivity contribution in [2.45, 2.75) is 67.2 Å². The third-order valence-electron chi connectivity index (χ3n) is 7.86. The summed E-state index contributed by atoms with van der Waals surface area (Å²) in [5, 5.41) is -1.20. The second-order valence-electron chi connectivity index (χ2n) is 9.79. The van der Waals surface area contributed by atoms with Gasteiger partial charge in [-0.15, -0.1) is 0 Å². The lowest BCUT2D eigenvalue weighted by Crippen LogP contribution is -2.71. The first-order valence-corrected chi connectivity index (χ1v) is 13.2. The number of methoxy groups -OCH3 is 1. The number of para-hydroxylation sites is 1. The molecule has 1 saturated carbocycles. The molecule has 1 saturated heterocycles. The van der Waals surface area contributed by atoms with Gasteiger partial charge in [-0.25, -0.2) is 8.42 Å². The van der Waals surface area contributed by atoms with Gasteiger partial charge in [0.2, 0.25) is 5.91 Å². The number of likely N-dealkylation sites (tertiary alicyclic amines) is 1. The van der Waals surface area contributed by atoms with Crippen LogP contribution in [0.5, 0.6) is 11.5 Å². The van der Waals surface area contributed by atoms with Crippen LogP contribution >= 0.6 is 0 Å². The first kappa shape index (κ1) is 22.3. The third-order valence-corrected chi connectivity index (χ3v) is 9.95. The molecule has 2 bridgehead atoms. The monoisotopic (exact) mass is 469 g/mol. The summed E-state index contributed by atoms with van der Waals surface area (Å²) >= 11 is 0. The number of sulfone groups is 1. The number of hydrogen-bond donors (Lipinski definition) is 0. The first-order valence-electron chi connectivity index (χ1n) is 11.7. The van der Waals surface area contributed by atoms with Gasteiger partial charge in [0, 0.05) is 30.9 Å². The summed E-state index contributed by atoms with van der Waals surface area (Å²) in [6.07, 6.45) is 3.42. The van der Waals surface area contributed by atoms with Gasteiger partial charge in [-0.1, -0.05) is 44.5 Å². The topological polar surface area (TPSA) is 72.9 Å². The average molecular weight is 470 g/mol. The number of benzene rings is 2. The van der Waals surface area contributed by atoms with Gasteiger partial charge in [0.25, 0.3) is 0 Å². The third kappa shape index (κ3) is 3.11. The normalized spacial score (nSPS) is 28.7. The minimum Gasteiger partial charge on any atom is -0.493 e. The van der Waals surface area contributed by atoms with E-state index in [1.807, 2.05) is 30.3 Å². The van der Waals surface area contributed by atoms with Crippen molar-refractivity contribution in [1.29, 1.82) is 0 Å². The number of piperidine rings is 1. The Morgan fingerprint density at radius 2 is 1.85 bits per heavy atom. The van der Waals surface area contributed by atoms with Crippen LogP contribution in [0, 0.1) is 5.92 Å². The van der Waals surface area contributed by atoms with Gasteiger partial charge in [-0.2, -0.15) is 0 Å². The van der Waals surface area contributed by atoms with E-state index in [1.165, 1.54) is 0 Å². The Bertz CT molecular complexity index is 1190. The fourth-order valence-electron chi connectivity index (χ4n) is 6.10. The van der Waals surface area contributed by atoms with Crippen molar-refractivity contribution in [2.24, 2.45) is 5.92 Å². The molecule has 2 aromatic carbocycles. The van der Waals surface area contributed by atoms with E-state index in [9.17, 15) is 13.2 Å². The number of rotatable bonds is 4. The zero-order valence-corrected chi connectivity index (χ0v) is 20.4. The van der Waals surface area contributed by atoms with E-state index in [-0.39, 0.29) is 16.7 Å². The molecule has 0 radical (unpaired) electrons. The molecule has 2 aromatic rings. The molecule has 176 valence electrons. The summed E-state index contributed by atoms with van der Waals surface area (Å²) in [4.78, 5) is 15.6. The fourth-order valence-corrected chi connectivity index (χ4v) is 8.06. The molecule has 1 amide bonds. The van der Waals surface area contributed by atoms with Gasteiger partial charge in [0.1, 0.15) is 0 Å². The minimum atomic E-state index is -3.94. The summed E-state index contributed by atoms with van der Waals surface area (Å²) in [6, 6.07) is 12.6. The van der Waals surface area contributed by atoms with E-state index in [1.54, 1.807) is 31.2 Å². The molecule has 2 heterocycles. The number of carbonyl (C=O) groups excluding carboxylic acids is 1. The molecule has 1 aliphatic carbocycles. The molecule has 4 atom stereocenters. The standard InChI is InChI=1S/C26H31NO5S/c1-16(2)17-11-13-18(14-12-17)33(29,30)24-22-19-8-7-10-21(31-4)23(19)32-26(27(3)25(24)28)15-6-5-9-20(22)26/h7-8,10-14,16,20,22,24H,5-6,9,15H2,1-4H3/t20-,22+,24+,26+/m1/s1. The summed E-state index contributed by atoms with van der Waals surface area (Å²) in [7, 11) is -0.663. The molecule has 0 N–H and O–H groups in total. The average Bonchev–Trinajstić information content (AvgIpc) is 2.82. The lowest BCUT2D eigenvalue weighted by atomic mass is 9.65. The Morgan fingerprint density at radius 1 is 1.12 bits per heavy atom. The SMILES string of the molecule is COc1cccc2c1O[C@@]13CCCC[C@@H]1[C@H]2[C@H](S(=O)(=O)c1ccc(C(C)C)cc1)C(=O)N3C. The van der Waals surface area contributed by atoms with E-state index in [4.69, 9.17) is 9.47 Å². The summed E-state index contributed by atoms with van der Waals surface area (Å²) in [6.45, 7) is 4.14. The maximum absolute atomic E-state index is 14.0. The Balaban J connectivity index is 1.70. The zero-order chi connectivity index (χ0) is 23.5. The first-order chi connectivity index (χ1) is 15.7. The Morgan fingerprint density at radius 3 is 2.52 bits per heavy atom. The van der Waals surface area contributed by atoms with Crippen LogP contribution in [0.4, 0.5) is 0 Å². The molecule has 2 fully saturated rings. The maximum Gasteiger partial charge on any atom is 0.244 e. The van der Waals surface area contributed by atoms with E-state index in [0.29, 0.717) is 23.8 Å². The summed E-state index contributed by atoms with van der Waals surface area (Å²) in [5.74, 6) is 0.464. The predicted octanol–water partition coefficient (Wildman–Crippen LogP) is 4.50. The second-order valence-corrected chi connectivity index (χ2v) is 11.9. The highest BCUT2D eigenvalue weighted by Crippen LogP contribution is 2.59. The Hall–Kier alpha value is -2.54. The van der Waals surface area contributed by atoms with Crippen LogP contribution in [-0.4, -0.2) is 44.4 Å². The molecule has 2 aliphatic heterocycles. The quantitative estimate of drug-likeness (QED) is 0.659. The van der Waals surface area contributed by atoms with Gasteiger partial charge < -0.3 is 14.4 Å². The molecule has 0 aromatic heterocycles. The van der Waals surface area contributed by atoms with E-state index >= 15 is 0 Å². The number of nitrogens with zero attached hydrogens (tertiary/aromatic N) is 1. The fraction of sp³-hybridized carbons (Fsp3) is 0.500. The van der Waals surface area contributed by atoms with Gasteiger partial charge in [0.15, 0.2) is 32.3 Å². The number of fused-ring (bicyclic) bond motifs is 2. The largest absolute Gasteiger partial charge is 0.493 e. The number of carbonyl (C=O) groups is 1. The second kappa shape index (κ2) is 7.76. The molecule has 6 nitrogen and oxygen atoms in total. The maximum atomic E-state index is 14.0. The van der Waals surface area contributed by atoms with E-state index in [0.717, 1.165) is 30.4 Å². The van der Waals surface area contributed by atoms with Gasteiger partial charge in [-0.05, 0) is 42.5 Å². The van der Waals surface area contributed by atoms with Crippen molar-refractivity contribution in [3.05, 3.63) is 53.6 Å². The van der Waals surface area contributed by atoms with Crippen molar-refractivity contribution in [3.8, 4) is 11.5 Å². The van der Waals surface area contributed by atoms with E-state index < -0.39 is 26.7 Å². The molecule has 0 spiro atoms. The molecule has 33 heavy (non-hydrogen) atoms. The molecule has 0 unspecified atom stereocenters. The van der Waals surface area contributed by atoms with Crippen molar-refractivity contribution >= 4 is 15.7 Å². The van der Waals surface area contributed by atoms with Crippen LogP contribution < -0.4 is 9.47 Å². The van der Waals surface area contributed by atoms with Crippen LogP contribution in [-0.2, 0) is 14.6 Å². The van der Waals surface area contributed by atoms with Crippen molar-refractivity contribution in [2.75, 3.05) is 14.2 Å². The molecule has 7 heteroatoms. The van der Waals surface area contributed by atoms with E-state index in [2.05, 4.69) is 13.8 Å². The van der Waals surface area contributed by atoms with Gasteiger partial charge in [0.05, 0.1) is 12.0 Å².